The Bertz CT molecular complexity index is 481. The van der Waals surface area contributed by atoms with Crippen molar-refractivity contribution >= 4 is 39.1 Å². The van der Waals surface area contributed by atoms with E-state index in [1.165, 1.54) is 0 Å². The summed E-state index contributed by atoms with van der Waals surface area (Å²) < 4.78 is 0.814. The van der Waals surface area contributed by atoms with Gasteiger partial charge in [0.15, 0.2) is 0 Å². The third-order valence-electron chi connectivity index (χ3n) is 3.86. The number of rotatable bonds is 4. The van der Waals surface area contributed by atoms with Crippen LogP contribution in [0.2, 0.25) is 5.02 Å². The van der Waals surface area contributed by atoms with Gasteiger partial charge in [-0.3, -0.25) is 4.79 Å². The van der Waals surface area contributed by atoms with Crippen molar-refractivity contribution in [3.05, 3.63) is 27.7 Å². The number of carbonyl (C=O) groups is 1. The van der Waals surface area contributed by atoms with Crippen molar-refractivity contribution in [1.82, 2.24) is 5.32 Å². The Hall–Kier alpha value is -0.580. The summed E-state index contributed by atoms with van der Waals surface area (Å²) in [6.45, 7) is 3.89. The van der Waals surface area contributed by atoms with Crippen LogP contribution in [-0.2, 0) is 4.79 Å². The maximum absolute atomic E-state index is 12.7. The second kappa shape index (κ2) is 6.92. The molecule has 1 aromatic carbocycles. The molecule has 1 unspecified atom stereocenters. The first kappa shape index (κ1) is 15.8. The zero-order chi connectivity index (χ0) is 14.6. The standard InChI is InChI=1S/C15H20BrClN2O/c1-2-6-15(7-3-8-18-10-15)14(20)19-13-5-4-11(17)9-12(13)16/h4-5,9,18H,2-3,6-8,10H2,1H3,(H,19,20). The van der Waals surface area contributed by atoms with Gasteiger partial charge in [0.05, 0.1) is 11.1 Å². The molecule has 0 spiro atoms. The summed E-state index contributed by atoms with van der Waals surface area (Å²) in [5.41, 5.74) is 0.493. The molecule has 110 valence electrons. The average molecular weight is 360 g/mol. The highest BCUT2D eigenvalue weighted by Gasteiger charge is 2.38. The Kier molecular flexibility index (Phi) is 5.47. The van der Waals surface area contributed by atoms with Crippen molar-refractivity contribution in [3.63, 3.8) is 0 Å². The lowest BCUT2D eigenvalue weighted by Crippen LogP contribution is -2.48. The van der Waals surface area contributed by atoms with E-state index >= 15 is 0 Å². The van der Waals surface area contributed by atoms with Gasteiger partial charge in [0.1, 0.15) is 0 Å². The molecular formula is C15H20BrClN2O. The molecule has 1 atom stereocenters. The maximum atomic E-state index is 12.7. The Morgan fingerprint density at radius 1 is 1.55 bits per heavy atom. The minimum Gasteiger partial charge on any atom is -0.325 e. The number of piperidine rings is 1. The molecule has 1 fully saturated rings. The molecule has 1 aromatic rings. The van der Waals surface area contributed by atoms with Crippen LogP contribution in [0.3, 0.4) is 0 Å². The summed E-state index contributed by atoms with van der Waals surface area (Å²) in [7, 11) is 0. The molecule has 0 aromatic heterocycles. The second-order valence-electron chi connectivity index (χ2n) is 5.39. The summed E-state index contributed by atoms with van der Waals surface area (Å²) in [5.74, 6) is 0.106. The van der Waals surface area contributed by atoms with Gasteiger partial charge in [0.25, 0.3) is 0 Å². The van der Waals surface area contributed by atoms with Gasteiger partial charge < -0.3 is 10.6 Å². The van der Waals surface area contributed by atoms with E-state index in [-0.39, 0.29) is 11.3 Å². The quantitative estimate of drug-likeness (QED) is 0.845. The zero-order valence-electron chi connectivity index (χ0n) is 11.6. The van der Waals surface area contributed by atoms with E-state index in [1.54, 1.807) is 12.1 Å². The fourth-order valence-electron chi connectivity index (χ4n) is 2.81. The highest BCUT2D eigenvalue weighted by Crippen LogP contribution is 2.34. The van der Waals surface area contributed by atoms with Crippen LogP contribution in [0.1, 0.15) is 32.6 Å². The second-order valence-corrected chi connectivity index (χ2v) is 6.68. The van der Waals surface area contributed by atoms with E-state index in [1.807, 2.05) is 6.07 Å². The summed E-state index contributed by atoms with van der Waals surface area (Å²) in [6.07, 6.45) is 3.92. The van der Waals surface area contributed by atoms with Gasteiger partial charge in [-0.05, 0) is 59.9 Å². The number of carbonyl (C=O) groups excluding carboxylic acids is 1. The fourth-order valence-corrected chi connectivity index (χ4v) is 3.59. The van der Waals surface area contributed by atoms with Crippen LogP contribution in [-0.4, -0.2) is 19.0 Å². The van der Waals surface area contributed by atoms with Gasteiger partial charge in [-0.1, -0.05) is 24.9 Å². The van der Waals surface area contributed by atoms with Crippen molar-refractivity contribution in [2.24, 2.45) is 5.41 Å². The van der Waals surface area contributed by atoms with Gasteiger partial charge in [0.2, 0.25) is 5.91 Å². The minimum atomic E-state index is -0.286. The largest absolute Gasteiger partial charge is 0.325 e. The fraction of sp³-hybridized carbons (Fsp3) is 0.533. The lowest BCUT2D eigenvalue weighted by atomic mass is 9.76. The molecule has 0 bridgehead atoms. The van der Waals surface area contributed by atoms with E-state index in [0.717, 1.165) is 48.9 Å². The first-order valence-corrected chi connectivity index (χ1v) is 8.22. The van der Waals surface area contributed by atoms with Crippen molar-refractivity contribution in [3.8, 4) is 0 Å². The molecule has 1 heterocycles. The molecule has 20 heavy (non-hydrogen) atoms. The van der Waals surface area contributed by atoms with E-state index in [4.69, 9.17) is 11.6 Å². The van der Waals surface area contributed by atoms with E-state index in [0.29, 0.717) is 5.02 Å². The minimum absolute atomic E-state index is 0.106. The third kappa shape index (κ3) is 3.54. The molecular weight excluding hydrogens is 340 g/mol. The maximum Gasteiger partial charge on any atom is 0.231 e. The molecule has 0 aliphatic carbocycles. The summed E-state index contributed by atoms with van der Waals surface area (Å²) >= 11 is 9.37. The number of benzene rings is 1. The lowest BCUT2D eigenvalue weighted by Gasteiger charge is -2.36. The Labute approximate surface area is 133 Å². The highest BCUT2D eigenvalue weighted by molar-refractivity contribution is 9.10. The van der Waals surface area contributed by atoms with Crippen LogP contribution in [0, 0.1) is 5.41 Å². The summed E-state index contributed by atoms with van der Waals surface area (Å²) in [4.78, 5) is 12.7. The normalized spacial score (nSPS) is 22.6. The predicted octanol–water partition coefficient (Wildman–Crippen LogP) is 4.21. The van der Waals surface area contributed by atoms with Crippen molar-refractivity contribution in [2.45, 2.75) is 32.6 Å². The molecule has 1 aliphatic heterocycles. The molecule has 1 amide bonds. The van der Waals surface area contributed by atoms with Crippen molar-refractivity contribution in [2.75, 3.05) is 18.4 Å². The first-order valence-electron chi connectivity index (χ1n) is 7.04. The van der Waals surface area contributed by atoms with Gasteiger partial charge in [0, 0.05) is 16.0 Å². The molecule has 5 heteroatoms. The number of halogens is 2. The Balaban J connectivity index is 2.15. The van der Waals surface area contributed by atoms with Crippen LogP contribution >= 0.6 is 27.5 Å². The molecule has 3 nitrogen and oxygen atoms in total. The van der Waals surface area contributed by atoms with E-state index in [2.05, 4.69) is 33.5 Å². The van der Waals surface area contributed by atoms with Gasteiger partial charge in [-0.2, -0.15) is 0 Å². The predicted molar refractivity (Wildman–Crippen MR) is 87.2 cm³/mol. The molecule has 2 rings (SSSR count). The molecule has 0 radical (unpaired) electrons. The van der Waals surface area contributed by atoms with Gasteiger partial charge in [-0.25, -0.2) is 0 Å². The summed E-state index contributed by atoms with van der Waals surface area (Å²) in [6, 6.07) is 5.41. The van der Waals surface area contributed by atoms with Crippen LogP contribution in [0.25, 0.3) is 0 Å². The average Bonchev–Trinajstić information content (AvgIpc) is 2.43. The number of hydrogen-bond acceptors (Lipinski definition) is 2. The molecule has 1 saturated heterocycles. The van der Waals surface area contributed by atoms with Crippen molar-refractivity contribution in [1.29, 1.82) is 0 Å². The van der Waals surface area contributed by atoms with Crippen LogP contribution < -0.4 is 10.6 Å². The molecule has 0 saturated carbocycles. The monoisotopic (exact) mass is 358 g/mol. The Morgan fingerprint density at radius 3 is 2.95 bits per heavy atom. The lowest BCUT2D eigenvalue weighted by molar-refractivity contribution is -0.127. The first-order chi connectivity index (χ1) is 9.57. The topological polar surface area (TPSA) is 41.1 Å². The highest BCUT2D eigenvalue weighted by atomic mass is 79.9. The number of nitrogens with one attached hydrogen (secondary N) is 2. The number of anilines is 1. The number of amides is 1. The van der Waals surface area contributed by atoms with Gasteiger partial charge >= 0.3 is 0 Å². The van der Waals surface area contributed by atoms with E-state index < -0.39 is 0 Å². The van der Waals surface area contributed by atoms with Crippen LogP contribution in [0.15, 0.2) is 22.7 Å². The van der Waals surface area contributed by atoms with Crippen LogP contribution in [0.5, 0.6) is 0 Å². The van der Waals surface area contributed by atoms with Crippen molar-refractivity contribution < 1.29 is 4.79 Å². The Morgan fingerprint density at radius 2 is 2.35 bits per heavy atom. The number of hydrogen-bond donors (Lipinski definition) is 2. The van der Waals surface area contributed by atoms with E-state index in [9.17, 15) is 4.79 Å². The van der Waals surface area contributed by atoms with Crippen LogP contribution in [0.4, 0.5) is 5.69 Å². The van der Waals surface area contributed by atoms with Gasteiger partial charge in [-0.15, -0.1) is 0 Å². The third-order valence-corrected chi connectivity index (χ3v) is 4.75. The molecule has 2 N–H and O–H groups in total. The molecule has 1 aliphatic rings. The smallest absolute Gasteiger partial charge is 0.231 e. The zero-order valence-corrected chi connectivity index (χ0v) is 14.0. The summed E-state index contributed by atoms with van der Waals surface area (Å²) in [5, 5.41) is 7.06. The SMILES string of the molecule is CCCC1(C(=O)Nc2ccc(Cl)cc2Br)CCCNC1.